The predicted octanol–water partition coefficient (Wildman–Crippen LogP) is 3.25. The first-order chi connectivity index (χ1) is 10.1. The number of hydrogen-bond donors (Lipinski definition) is 1. The number of carboxylic acids is 1. The maximum Gasteiger partial charge on any atom is 0.338 e. The molecule has 21 heavy (non-hydrogen) atoms. The topological polar surface area (TPSA) is 72.3 Å². The molecular weight excluding hydrogens is 288 g/mol. The standard InChI is InChI=1S/C15H16N2O3S/c1-10(2)20-13-8-11(5-7-16-13)9-21-14-12(15(18)19)4-3-6-17-14/h3-8,10H,9H2,1-2H3,(H,18,19). The molecule has 2 heterocycles. The van der Waals surface area contributed by atoms with Crippen LogP contribution in [-0.4, -0.2) is 27.1 Å². The Morgan fingerprint density at radius 3 is 2.86 bits per heavy atom. The van der Waals surface area contributed by atoms with Crippen molar-refractivity contribution in [3.63, 3.8) is 0 Å². The molecule has 0 saturated carbocycles. The minimum atomic E-state index is -0.968. The minimum absolute atomic E-state index is 0.0646. The summed E-state index contributed by atoms with van der Waals surface area (Å²) in [6.07, 6.45) is 3.34. The van der Waals surface area contributed by atoms with Crippen LogP contribution in [-0.2, 0) is 5.75 Å². The zero-order valence-corrected chi connectivity index (χ0v) is 12.6. The van der Waals surface area contributed by atoms with Crippen LogP contribution >= 0.6 is 11.8 Å². The summed E-state index contributed by atoms with van der Waals surface area (Å²) in [5, 5.41) is 9.63. The number of aromatic nitrogens is 2. The highest BCUT2D eigenvalue weighted by molar-refractivity contribution is 7.98. The zero-order valence-electron chi connectivity index (χ0n) is 11.8. The minimum Gasteiger partial charge on any atom is -0.478 e. The van der Waals surface area contributed by atoms with Crippen molar-refractivity contribution in [1.82, 2.24) is 9.97 Å². The fourth-order valence-corrected chi connectivity index (χ4v) is 2.60. The Hall–Kier alpha value is -2.08. The summed E-state index contributed by atoms with van der Waals surface area (Å²) in [5.41, 5.74) is 1.22. The Morgan fingerprint density at radius 1 is 1.33 bits per heavy atom. The Bertz CT molecular complexity index is 632. The summed E-state index contributed by atoms with van der Waals surface area (Å²) in [4.78, 5) is 19.4. The molecule has 2 aromatic heterocycles. The monoisotopic (exact) mass is 304 g/mol. The van der Waals surface area contributed by atoms with Crippen molar-refractivity contribution in [3.8, 4) is 5.88 Å². The Kier molecular flexibility index (Phi) is 5.16. The third kappa shape index (κ3) is 4.46. The summed E-state index contributed by atoms with van der Waals surface area (Å²) >= 11 is 1.38. The first kappa shape index (κ1) is 15.3. The van der Waals surface area contributed by atoms with E-state index in [0.717, 1.165) is 5.56 Å². The third-order valence-electron chi connectivity index (χ3n) is 2.53. The van der Waals surface area contributed by atoms with E-state index in [0.29, 0.717) is 16.7 Å². The Labute approximate surface area is 127 Å². The van der Waals surface area contributed by atoms with Gasteiger partial charge in [-0.05, 0) is 37.6 Å². The predicted molar refractivity (Wildman–Crippen MR) is 80.8 cm³/mol. The summed E-state index contributed by atoms with van der Waals surface area (Å²) in [5.74, 6) is 0.209. The molecule has 0 aliphatic heterocycles. The maximum absolute atomic E-state index is 11.1. The zero-order chi connectivity index (χ0) is 15.2. The number of thioether (sulfide) groups is 1. The fourth-order valence-electron chi connectivity index (χ4n) is 1.67. The molecule has 0 radical (unpaired) electrons. The van der Waals surface area contributed by atoms with Crippen molar-refractivity contribution in [2.45, 2.75) is 30.7 Å². The van der Waals surface area contributed by atoms with Gasteiger partial charge in [-0.15, -0.1) is 11.8 Å². The lowest BCUT2D eigenvalue weighted by Gasteiger charge is -2.09. The van der Waals surface area contributed by atoms with Crippen LogP contribution < -0.4 is 4.74 Å². The van der Waals surface area contributed by atoms with Crippen LogP contribution in [0.3, 0.4) is 0 Å². The molecule has 0 saturated heterocycles. The Morgan fingerprint density at radius 2 is 2.14 bits per heavy atom. The normalized spacial score (nSPS) is 10.6. The van der Waals surface area contributed by atoms with E-state index in [1.165, 1.54) is 11.8 Å². The van der Waals surface area contributed by atoms with E-state index in [2.05, 4.69) is 9.97 Å². The van der Waals surface area contributed by atoms with E-state index >= 15 is 0 Å². The second-order valence-corrected chi connectivity index (χ2v) is 5.58. The molecule has 0 spiro atoms. The first-order valence-electron chi connectivity index (χ1n) is 6.49. The van der Waals surface area contributed by atoms with Crippen molar-refractivity contribution >= 4 is 17.7 Å². The van der Waals surface area contributed by atoms with Crippen LogP contribution in [0.2, 0.25) is 0 Å². The first-order valence-corrected chi connectivity index (χ1v) is 7.47. The van der Waals surface area contributed by atoms with Crippen LogP contribution in [0, 0.1) is 0 Å². The van der Waals surface area contributed by atoms with Crippen molar-refractivity contribution in [2.75, 3.05) is 0 Å². The molecule has 0 bridgehead atoms. The molecule has 1 N–H and O–H groups in total. The SMILES string of the molecule is CC(C)Oc1cc(CSc2ncccc2C(=O)O)ccn1. The van der Waals surface area contributed by atoms with Gasteiger partial charge in [-0.3, -0.25) is 0 Å². The van der Waals surface area contributed by atoms with E-state index in [-0.39, 0.29) is 11.7 Å². The van der Waals surface area contributed by atoms with Crippen molar-refractivity contribution in [3.05, 3.63) is 47.8 Å². The van der Waals surface area contributed by atoms with Crippen molar-refractivity contribution < 1.29 is 14.6 Å². The second kappa shape index (κ2) is 7.08. The molecule has 2 aromatic rings. The molecule has 0 fully saturated rings. The molecule has 0 aliphatic carbocycles. The lowest BCUT2D eigenvalue weighted by atomic mass is 10.3. The lowest BCUT2D eigenvalue weighted by molar-refractivity contribution is 0.0692. The summed E-state index contributed by atoms with van der Waals surface area (Å²) in [7, 11) is 0. The van der Waals surface area contributed by atoms with Gasteiger partial charge in [0.05, 0.1) is 11.7 Å². The summed E-state index contributed by atoms with van der Waals surface area (Å²) < 4.78 is 5.54. The average molecular weight is 304 g/mol. The molecule has 0 amide bonds. The molecule has 0 aromatic carbocycles. The average Bonchev–Trinajstić information content (AvgIpc) is 2.45. The van der Waals surface area contributed by atoms with Gasteiger partial charge >= 0.3 is 5.97 Å². The van der Waals surface area contributed by atoms with E-state index in [9.17, 15) is 4.79 Å². The molecule has 0 atom stereocenters. The number of nitrogens with zero attached hydrogens (tertiary/aromatic N) is 2. The highest BCUT2D eigenvalue weighted by atomic mass is 32.2. The molecule has 2 rings (SSSR count). The smallest absolute Gasteiger partial charge is 0.338 e. The maximum atomic E-state index is 11.1. The van der Waals surface area contributed by atoms with Crippen molar-refractivity contribution in [1.29, 1.82) is 0 Å². The van der Waals surface area contributed by atoms with E-state index in [4.69, 9.17) is 9.84 Å². The molecule has 0 unspecified atom stereocenters. The van der Waals surface area contributed by atoms with E-state index in [1.807, 2.05) is 26.0 Å². The van der Waals surface area contributed by atoms with Gasteiger partial charge in [0.25, 0.3) is 0 Å². The summed E-state index contributed by atoms with van der Waals surface area (Å²) in [6.45, 7) is 3.88. The van der Waals surface area contributed by atoms with Gasteiger partial charge in [0, 0.05) is 24.2 Å². The van der Waals surface area contributed by atoms with Gasteiger partial charge in [-0.2, -0.15) is 0 Å². The van der Waals surface area contributed by atoms with Crippen LogP contribution in [0.15, 0.2) is 41.7 Å². The van der Waals surface area contributed by atoms with E-state index < -0.39 is 5.97 Å². The number of aromatic carboxylic acids is 1. The number of rotatable bonds is 6. The summed E-state index contributed by atoms with van der Waals surface area (Å²) in [6, 6.07) is 6.91. The highest BCUT2D eigenvalue weighted by Gasteiger charge is 2.11. The number of pyridine rings is 2. The molecular formula is C15H16N2O3S. The molecule has 110 valence electrons. The second-order valence-electron chi connectivity index (χ2n) is 4.62. The van der Waals surface area contributed by atoms with E-state index in [1.54, 1.807) is 24.5 Å². The van der Waals surface area contributed by atoms with Crippen molar-refractivity contribution in [2.24, 2.45) is 0 Å². The molecule has 6 heteroatoms. The number of hydrogen-bond acceptors (Lipinski definition) is 5. The Balaban J connectivity index is 2.08. The van der Waals surface area contributed by atoms with Gasteiger partial charge < -0.3 is 9.84 Å². The number of carboxylic acid groups (broad SMARTS) is 1. The van der Waals surface area contributed by atoms with Crippen LogP contribution in [0.4, 0.5) is 0 Å². The third-order valence-corrected chi connectivity index (χ3v) is 3.61. The molecule has 0 aliphatic rings. The fraction of sp³-hybridized carbons (Fsp3) is 0.267. The number of ether oxygens (including phenoxy) is 1. The van der Waals surface area contributed by atoms with Gasteiger partial charge in [0.2, 0.25) is 5.88 Å². The lowest BCUT2D eigenvalue weighted by Crippen LogP contribution is -2.07. The van der Waals surface area contributed by atoms with Gasteiger partial charge in [-0.25, -0.2) is 14.8 Å². The molecule has 5 nitrogen and oxygen atoms in total. The van der Waals surface area contributed by atoms with Gasteiger partial charge in [0.15, 0.2) is 0 Å². The van der Waals surface area contributed by atoms with Crippen LogP contribution in [0.5, 0.6) is 5.88 Å². The van der Waals surface area contributed by atoms with Gasteiger partial charge in [0.1, 0.15) is 5.03 Å². The number of carbonyl (C=O) groups is 1. The quantitative estimate of drug-likeness (QED) is 0.826. The van der Waals surface area contributed by atoms with Crippen LogP contribution in [0.1, 0.15) is 29.8 Å². The van der Waals surface area contributed by atoms with Crippen LogP contribution in [0.25, 0.3) is 0 Å². The largest absolute Gasteiger partial charge is 0.478 e. The van der Waals surface area contributed by atoms with Gasteiger partial charge in [-0.1, -0.05) is 0 Å². The highest BCUT2D eigenvalue weighted by Crippen LogP contribution is 2.25.